The van der Waals surface area contributed by atoms with Crippen LogP contribution >= 0.6 is 15.9 Å². The first-order chi connectivity index (χ1) is 16.5. The summed E-state index contributed by atoms with van der Waals surface area (Å²) in [6.07, 6.45) is 0.169. The first-order valence-corrected chi connectivity index (χ1v) is 11.8. The van der Waals surface area contributed by atoms with Gasteiger partial charge >= 0.3 is 5.97 Å². The summed E-state index contributed by atoms with van der Waals surface area (Å²) in [5.74, 6) is -1.47. The van der Waals surface area contributed by atoms with Crippen LogP contribution < -0.4 is 5.32 Å². The molecule has 4 aromatic rings. The van der Waals surface area contributed by atoms with Gasteiger partial charge in [0.1, 0.15) is 11.5 Å². The van der Waals surface area contributed by atoms with Crippen molar-refractivity contribution in [3.8, 4) is 0 Å². The van der Waals surface area contributed by atoms with Crippen LogP contribution in [0.1, 0.15) is 22.3 Å². The highest BCUT2D eigenvalue weighted by Gasteiger charge is 2.45. The van der Waals surface area contributed by atoms with Crippen molar-refractivity contribution < 1.29 is 14.7 Å². The highest BCUT2D eigenvalue weighted by molar-refractivity contribution is 9.10. The fourth-order valence-electron chi connectivity index (χ4n) is 4.28. The van der Waals surface area contributed by atoms with E-state index in [1.807, 2.05) is 115 Å². The van der Waals surface area contributed by atoms with Gasteiger partial charge < -0.3 is 10.4 Å². The molecule has 170 valence electrons. The molecule has 0 aliphatic rings. The van der Waals surface area contributed by atoms with Crippen molar-refractivity contribution in [2.45, 2.75) is 17.9 Å². The molecule has 0 radical (unpaired) electrons. The van der Waals surface area contributed by atoms with E-state index in [0.717, 1.165) is 26.7 Å². The number of carboxylic acids is 1. The summed E-state index contributed by atoms with van der Waals surface area (Å²) < 4.78 is 0.906. The Morgan fingerprint density at radius 2 is 1.12 bits per heavy atom. The standard InChI is InChI=1S/C29H24BrNO3/c30-25-18-16-21(17-19-25)20-26(27(32)33)31-28(34)29(22-10-4-1-5-11-22,23-12-6-2-7-13-23)24-14-8-3-9-15-24/h1-19,26H,20H2,(H,31,34)(H,32,33)/t26-/m1/s1. The second-order valence-electron chi connectivity index (χ2n) is 8.04. The number of rotatable bonds is 8. The van der Waals surface area contributed by atoms with Crippen LogP contribution in [0.25, 0.3) is 0 Å². The predicted molar refractivity (Wildman–Crippen MR) is 137 cm³/mol. The van der Waals surface area contributed by atoms with Gasteiger partial charge in [-0.25, -0.2) is 4.79 Å². The van der Waals surface area contributed by atoms with Gasteiger partial charge in [-0.2, -0.15) is 0 Å². The monoisotopic (exact) mass is 513 g/mol. The molecule has 4 rings (SSSR count). The molecule has 1 amide bonds. The molecule has 0 unspecified atom stereocenters. The molecule has 4 aromatic carbocycles. The summed E-state index contributed by atoms with van der Waals surface area (Å²) in [5, 5.41) is 12.9. The molecule has 0 aliphatic carbocycles. The maximum absolute atomic E-state index is 14.2. The third-order valence-corrected chi connectivity index (χ3v) is 6.45. The molecule has 5 heteroatoms. The third kappa shape index (κ3) is 4.80. The minimum Gasteiger partial charge on any atom is -0.480 e. The summed E-state index contributed by atoms with van der Waals surface area (Å²) in [6, 6.07) is 34.8. The van der Waals surface area contributed by atoms with Gasteiger partial charge in [0.2, 0.25) is 5.91 Å². The first kappa shape index (κ1) is 23.5. The normalized spacial score (nSPS) is 12.0. The zero-order chi connectivity index (χ0) is 24.0. The lowest BCUT2D eigenvalue weighted by molar-refractivity contribution is -0.142. The molecule has 0 aliphatic heterocycles. The average Bonchev–Trinajstić information content (AvgIpc) is 2.87. The molecule has 0 saturated carbocycles. The number of nitrogens with one attached hydrogen (secondary N) is 1. The molecule has 0 fully saturated rings. The van der Waals surface area contributed by atoms with Crippen molar-refractivity contribution in [2.24, 2.45) is 0 Å². The molecule has 0 heterocycles. The molecule has 0 saturated heterocycles. The molecule has 1 atom stereocenters. The van der Waals surface area contributed by atoms with E-state index in [1.54, 1.807) is 0 Å². The van der Waals surface area contributed by atoms with E-state index in [0.29, 0.717) is 0 Å². The maximum Gasteiger partial charge on any atom is 0.326 e. The number of carbonyl (C=O) groups excluding carboxylic acids is 1. The van der Waals surface area contributed by atoms with Crippen LogP contribution in [0.3, 0.4) is 0 Å². The number of halogens is 1. The van der Waals surface area contributed by atoms with E-state index in [9.17, 15) is 14.7 Å². The number of carboxylic acid groups (broad SMARTS) is 1. The van der Waals surface area contributed by atoms with Gasteiger partial charge in [0.05, 0.1) is 0 Å². The number of aliphatic carboxylic acids is 1. The Bertz CT molecular complexity index is 1150. The minimum absolute atomic E-state index is 0.169. The summed E-state index contributed by atoms with van der Waals surface area (Å²) >= 11 is 3.40. The van der Waals surface area contributed by atoms with Crippen molar-refractivity contribution in [1.29, 1.82) is 0 Å². The van der Waals surface area contributed by atoms with Gasteiger partial charge in [-0.05, 0) is 34.4 Å². The fraction of sp³-hybridized carbons (Fsp3) is 0.103. The SMILES string of the molecule is O=C(O)[C@@H](Cc1ccc(Br)cc1)NC(=O)C(c1ccccc1)(c1ccccc1)c1ccccc1. The van der Waals surface area contributed by atoms with Crippen LogP contribution in [0.5, 0.6) is 0 Å². The lowest BCUT2D eigenvalue weighted by Crippen LogP contribution is -2.52. The Labute approximate surface area is 207 Å². The highest BCUT2D eigenvalue weighted by Crippen LogP contribution is 2.39. The average molecular weight is 514 g/mol. The van der Waals surface area contributed by atoms with Crippen molar-refractivity contribution >= 4 is 27.8 Å². The predicted octanol–water partition coefficient (Wildman–Crippen LogP) is 5.60. The number of hydrogen-bond donors (Lipinski definition) is 2. The Kier molecular flexibility index (Phi) is 7.24. The van der Waals surface area contributed by atoms with E-state index in [4.69, 9.17) is 0 Å². The topological polar surface area (TPSA) is 66.4 Å². The number of carbonyl (C=O) groups is 2. The van der Waals surface area contributed by atoms with Gasteiger partial charge in [0.15, 0.2) is 0 Å². The quantitative estimate of drug-likeness (QED) is 0.301. The van der Waals surface area contributed by atoms with Gasteiger partial charge in [0.25, 0.3) is 0 Å². The molecule has 0 bridgehead atoms. The van der Waals surface area contributed by atoms with Crippen LogP contribution in [0.2, 0.25) is 0 Å². The Morgan fingerprint density at radius 1 is 0.706 bits per heavy atom. The van der Waals surface area contributed by atoms with Gasteiger partial charge in [-0.1, -0.05) is 119 Å². The second kappa shape index (κ2) is 10.5. The number of amides is 1. The molecule has 34 heavy (non-hydrogen) atoms. The van der Waals surface area contributed by atoms with E-state index >= 15 is 0 Å². The summed E-state index contributed by atoms with van der Waals surface area (Å²) in [4.78, 5) is 26.5. The summed E-state index contributed by atoms with van der Waals surface area (Å²) in [6.45, 7) is 0. The third-order valence-electron chi connectivity index (χ3n) is 5.92. The fourth-order valence-corrected chi connectivity index (χ4v) is 4.54. The van der Waals surface area contributed by atoms with E-state index in [-0.39, 0.29) is 12.3 Å². The number of hydrogen-bond acceptors (Lipinski definition) is 2. The zero-order valence-electron chi connectivity index (χ0n) is 18.4. The van der Waals surface area contributed by atoms with E-state index < -0.39 is 17.4 Å². The lowest BCUT2D eigenvalue weighted by Gasteiger charge is -2.35. The van der Waals surface area contributed by atoms with Crippen LogP contribution in [0.4, 0.5) is 0 Å². The summed E-state index contributed by atoms with van der Waals surface area (Å²) in [7, 11) is 0. The lowest BCUT2D eigenvalue weighted by atomic mass is 9.68. The zero-order valence-corrected chi connectivity index (χ0v) is 20.0. The van der Waals surface area contributed by atoms with Crippen LogP contribution in [0.15, 0.2) is 120 Å². The first-order valence-electron chi connectivity index (χ1n) is 11.0. The molecular formula is C29H24BrNO3. The highest BCUT2D eigenvalue weighted by atomic mass is 79.9. The van der Waals surface area contributed by atoms with Crippen molar-refractivity contribution in [3.63, 3.8) is 0 Å². The number of benzene rings is 4. The molecule has 2 N–H and O–H groups in total. The van der Waals surface area contributed by atoms with Crippen molar-refractivity contribution in [1.82, 2.24) is 5.32 Å². The van der Waals surface area contributed by atoms with Crippen molar-refractivity contribution in [2.75, 3.05) is 0 Å². The smallest absolute Gasteiger partial charge is 0.326 e. The molecular weight excluding hydrogens is 490 g/mol. The van der Waals surface area contributed by atoms with Crippen LogP contribution in [-0.4, -0.2) is 23.0 Å². The van der Waals surface area contributed by atoms with Gasteiger partial charge in [-0.15, -0.1) is 0 Å². The maximum atomic E-state index is 14.2. The van der Waals surface area contributed by atoms with E-state index in [1.165, 1.54) is 0 Å². The molecule has 0 spiro atoms. The molecule has 0 aromatic heterocycles. The van der Waals surface area contributed by atoms with Gasteiger partial charge in [0, 0.05) is 10.9 Å². The largest absolute Gasteiger partial charge is 0.480 e. The second-order valence-corrected chi connectivity index (χ2v) is 8.96. The van der Waals surface area contributed by atoms with Gasteiger partial charge in [-0.3, -0.25) is 4.79 Å². The Balaban J connectivity index is 1.83. The Hall–Kier alpha value is -3.70. The van der Waals surface area contributed by atoms with Crippen LogP contribution in [-0.2, 0) is 21.4 Å². The summed E-state index contributed by atoms with van der Waals surface area (Å²) in [5.41, 5.74) is 1.88. The minimum atomic E-state index is -1.23. The van der Waals surface area contributed by atoms with Crippen LogP contribution in [0, 0.1) is 0 Å². The Morgan fingerprint density at radius 3 is 1.50 bits per heavy atom. The van der Waals surface area contributed by atoms with E-state index in [2.05, 4.69) is 21.2 Å². The molecule has 4 nitrogen and oxygen atoms in total. The van der Waals surface area contributed by atoms with Crippen molar-refractivity contribution in [3.05, 3.63) is 142 Å².